The molecule has 1 aliphatic heterocycles. The van der Waals surface area contributed by atoms with Gasteiger partial charge in [0, 0.05) is 6.20 Å². The van der Waals surface area contributed by atoms with Crippen LogP contribution >= 0.6 is 0 Å². The molecule has 98 valence electrons. The molecule has 1 aromatic heterocycles. The monoisotopic (exact) mass is 246 g/mol. The van der Waals surface area contributed by atoms with Gasteiger partial charge in [-0.3, -0.25) is 4.98 Å². The Morgan fingerprint density at radius 2 is 2.39 bits per heavy atom. The van der Waals surface area contributed by atoms with Gasteiger partial charge in [0.25, 0.3) is 0 Å². The Hall–Kier alpha value is -1.35. The molecule has 18 heavy (non-hydrogen) atoms. The van der Waals surface area contributed by atoms with Gasteiger partial charge in [-0.25, -0.2) is 0 Å². The molecule has 0 fully saturated rings. The van der Waals surface area contributed by atoms with Crippen molar-refractivity contribution in [3.8, 4) is 0 Å². The van der Waals surface area contributed by atoms with Crippen LogP contribution in [-0.2, 0) is 4.74 Å². The third-order valence-electron chi connectivity index (χ3n) is 3.25. The number of hydrogen-bond donors (Lipinski definition) is 1. The van der Waals surface area contributed by atoms with Crippen LogP contribution in [-0.4, -0.2) is 18.1 Å². The number of nitrogens with one attached hydrogen (secondary N) is 1. The van der Waals surface area contributed by atoms with Crippen molar-refractivity contribution in [3.05, 3.63) is 41.4 Å². The van der Waals surface area contributed by atoms with Gasteiger partial charge >= 0.3 is 0 Å². The number of rotatable bonds is 5. The van der Waals surface area contributed by atoms with Crippen LogP contribution in [0.1, 0.15) is 43.5 Å². The van der Waals surface area contributed by atoms with Crippen LogP contribution in [0, 0.1) is 6.92 Å². The maximum absolute atomic E-state index is 5.47. The number of pyridine rings is 1. The van der Waals surface area contributed by atoms with Crippen molar-refractivity contribution in [2.24, 2.45) is 0 Å². The van der Waals surface area contributed by atoms with E-state index in [2.05, 4.69) is 30.2 Å². The van der Waals surface area contributed by atoms with E-state index < -0.39 is 0 Å². The van der Waals surface area contributed by atoms with Crippen LogP contribution in [0.5, 0.6) is 0 Å². The minimum absolute atomic E-state index is 0.200. The fraction of sp³-hybridized carbons (Fsp3) is 0.533. The average Bonchev–Trinajstić information content (AvgIpc) is 2.42. The van der Waals surface area contributed by atoms with Gasteiger partial charge in [-0.05, 0) is 49.9 Å². The lowest BCUT2D eigenvalue weighted by Gasteiger charge is -2.25. The molecule has 1 atom stereocenters. The molecule has 0 bridgehead atoms. The van der Waals surface area contributed by atoms with E-state index in [1.165, 1.54) is 11.1 Å². The fourth-order valence-electron chi connectivity index (χ4n) is 2.29. The lowest BCUT2D eigenvalue weighted by molar-refractivity contribution is 0.219. The number of aryl methyl sites for hydroxylation is 1. The maximum atomic E-state index is 5.47. The van der Waals surface area contributed by atoms with Crippen LogP contribution in [0.15, 0.2) is 30.2 Å². The highest BCUT2D eigenvalue weighted by Crippen LogP contribution is 2.28. The molecule has 3 nitrogen and oxygen atoms in total. The molecule has 0 amide bonds. The first kappa shape index (κ1) is 13.1. The third-order valence-corrected chi connectivity index (χ3v) is 3.25. The van der Waals surface area contributed by atoms with Crippen molar-refractivity contribution in [2.75, 3.05) is 13.2 Å². The largest absolute Gasteiger partial charge is 0.501 e. The first-order chi connectivity index (χ1) is 8.83. The van der Waals surface area contributed by atoms with Gasteiger partial charge < -0.3 is 10.1 Å². The molecule has 1 aromatic rings. The smallest absolute Gasteiger partial charge is 0.0876 e. The Morgan fingerprint density at radius 1 is 1.50 bits per heavy atom. The fourth-order valence-corrected chi connectivity index (χ4v) is 2.29. The van der Waals surface area contributed by atoms with Crippen molar-refractivity contribution in [2.45, 2.75) is 39.2 Å². The van der Waals surface area contributed by atoms with Gasteiger partial charge in [-0.1, -0.05) is 13.0 Å². The third kappa shape index (κ3) is 3.10. The number of nitrogens with zero attached hydrogens (tertiary/aromatic N) is 1. The molecule has 1 unspecified atom stereocenters. The van der Waals surface area contributed by atoms with Gasteiger partial charge in [0.15, 0.2) is 0 Å². The van der Waals surface area contributed by atoms with Gasteiger partial charge in [0.05, 0.1) is 24.6 Å². The first-order valence-electron chi connectivity index (χ1n) is 6.78. The summed E-state index contributed by atoms with van der Waals surface area (Å²) in [6, 6.07) is 4.31. The lowest BCUT2D eigenvalue weighted by atomic mass is 9.96. The van der Waals surface area contributed by atoms with Crippen molar-refractivity contribution < 1.29 is 4.74 Å². The summed E-state index contributed by atoms with van der Waals surface area (Å²) in [7, 11) is 0. The topological polar surface area (TPSA) is 34.1 Å². The molecule has 0 aromatic carbocycles. The highest BCUT2D eigenvalue weighted by molar-refractivity contribution is 5.28. The predicted octanol–water partition coefficient (Wildman–Crippen LogP) is 3.13. The molecule has 2 heterocycles. The average molecular weight is 246 g/mol. The summed E-state index contributed by atoms with van der Waals surface area (Å²) in [4.78, 5) is 4.55. The summed E-state index contributed by atoms with van der Waals surface area (Å²) < 4.78 is 5.47. The summed E-state index contributed by atoms with van der Waals surface area (Å²) >= 11 is 0. The van der Waals surface area contributed by atoms with Crippen molar-refractivity contribution >= 4 is 0 Å². The van der Waals surface area contributed by atoms with E-state index in [1.54, 1.807) is 0 Å². The Kier molecular flexibility index (Phi) is 4.76. The van der Waals surface area contributed by atoms with Crippen molar-refractivity contribution in [1.82, 2.24) is 10.3 Å². The van der Waals surface area contributed by atoms with Crippen LogP contribution in [0.4, 0.5) is 0 Å². The number of hydrogen-bond acceptors (Lipinski definition) is 3. The lowest BCUT2D eigenvalue weighted by Crippen LogP contribution is -2.26. The highest BCUT2D eigenvalue weighted by Gasteiger charge is 2.20. The molecular weight excluding hydrogens is 224 g/mol. The second-order valence-corrected chi connectivity index (χ2v) is 4.76. The molecule has 0 spiro atoms. The predicted molar refractivity (Wildman–Crippen MR) is 73.3 cm³/mol. The van der Waals surface area contributed by atoms with Crippen LogP contribution in [0.3, 0.4) is 0 Å². The molecule has 0 saturated carbocycles. The molecule has 1 N–H and O–H groups in total. The summed E-state index contributed by atoms with van der Waals surface area (Å²) in [5.41, 5.74) is 3.68. The minimum atomic E-state index is 0.200. The zero-order chi connectivity index (χ0) is 12.8. The van der Waals surface area contributed by atoms with Gasteiger partial charge in [0.1, 0.15) is 0 Å². The molecule has 0 saturated heterocycles. The van der Waals surface area contributed by atoms with Crippen LogP contribution in [0.25, 0.3) is 0 Å². The molecule has 3 heteroatoms. The summed E-state index contributed by atoms with van der Waals surface area (Å²) in [5.74, 6) is 0. The van der Waals surface area contributed by atoms with Crippen LogP contribution < -0.4 is 5.32 Å². The van der Waals surface area contributed by atoms with E-state index in [-0.39, 0.29) is 6.04 Å². The number of aromatic nitrogens is 1. The second kappa shape index (κ2) is 6.55. The van der Waals surface area contributed by atoms with E-state index >= 15 is 0 Å². The maximum Gasteiger partial charge on any atom is 0.0876 e. The van der Waals surface area contributed by atoms with Gasteiger partial charge in [0.2, 0.25) is 0 Å². The highest BCUT2D eigenvalue weighted by atomic mass is 16.5. The molecule has 0 radical (unpaired) electrons. The molecular formula is C15H22N2O. The zero-order valence-corrected chi connectivity index (χ0v) is 11.3. The zero-order valence-electron chi connectivity index (χ0n) is 11.3. The molecule has 0 aliphatic carbocycles. The van der Waals surface area contributed by atoms with E-state index in [0.29, 0.717) is 0 Å². The Bertz CT molecular complexity index is 415. The Morgan fingerprint density at radius 3 is 3.06 bits per heavy atom. The Labute approximate surface area is 109 Å². The molecule has 1 aliphatic rings. The van der Waals surface area contributed by atoms with E-state index in [0.717, 1.165) is 38.1 Å². The van der Waals surface area contributed by atoms with Crippen molar-refractivity contribution in [1.29, 1.82) is 0 Å². The molecule has 2 rings (SSSR count). The minimum Gasteiger partial charge on any atom is -0.501 e. The second-order valence-electron chi connectivity index (χ2n) is 4.76. The van der Waals surface area contributed by atoms with Gasteiger partial charge in [-0.15, -0.1) is 0 Å². The summed E-state index contributed by atoms with van der Waals surface area (Å²) in [6.45, 7) is 6.14. The van der Waals surface area contributed by atoms with E-state index in [9.17, 15) is 0 Å². The SMILES string of the molecule is CCCNC(C1=COCCC1)c1ncccc1C. The van der Waals surface area contributed by atoms with E-state index in [1.807, 2.05) is 18.5 Å². The summed E-state index contributed by atoms with van der Waals surface area (Å²) in [6.07, 6.45) is 7.11. The first-order valence-corrected chi connectivity index (χ1v) is 6.78. The Balaban J connectivity index is 2.24. The normalized spacial score (nSPS) is 16.9. The van der Waals surface area contributed by atoms with E-state index in [4.69, 9.17) is 4.74 Å². The van der Waals surface area contributed by atoms with Crippen LogP contribution in [0.2, 0.25) is 0 Å². The van der Waals surface area contributed by atoms with Gasteiger partial charge in [-0.2, -0.15) is 0 Å². The van der Waals surface area contributed by atoms with Crippen molar-refractivity contribution in [3.63, 3.8) is 0 Å². The summed E-state index contributed by atoms with van der Waals surface area (Å²) in [5, 5.41) is 3.59. The quantitative estimate of drug-likeness (QED) is 0.866. The standard InChI is InChI=1S/C15H22N2O/c1-3-8-16-15(13-7-5-10-18-11-13)14-12(2)6-4-9-17-14/h4,6,9,11,15-16H,3,5,7-8,10H2,1-2H3. The number of ether oxygens (including phenoxy) is 1.